The number of carbonyl (C=O) groups excluding carboxylic acids is 2. The van der Waals surface area contributed by atoms with E-state index >= 15 is 0 Å². The molecule has 0 bridgehead atoms. The first-order valence-electron chi connectivity index (χ1n) is 18.7. The van der Waals surface area contributed by atoms with Crippen LogP contribution >= 0.6 is 0 Å². The summed E-state index contributed by atoms with van der Waals surface area (Å²) in [5.41, 5.74) is -4.46. The highest BCUT2D eigenvalue weighted by Gasteiger charge is 2.52. The zero-order valence-corrected chi connectivity index (χ0v) is 33.2. The number of allylic oxidation sites excluding steroid dienone is 1. The average molecular weight is 747 g/mol. The van der Waals surface area contributed by atoms with Crippen molar-refractivity contribution >= 4 is 11.9 Å². The normalized spacial score (nSPS) is 18.9. The molecule has 1 N–H and O–H groups in total. The molecule has 0 radical (unpaired) electrons. The van der Waals surface area contributed by atoms with E-state index in [0.717, 1.165) is 64.7 Å². The zero-order valence-electron chi connectivity index (χ0n) is 33.2. The Labute approximate surface area is 303 Å². The molecule has 51 heavy (non-hydrogen) atoms. The van der Waals surface area contributed by atoms with Crippen molar-refractivity contribution < 1.29 is 55.2 Å². The Kier molecular flexibility index (Phi) is 19.1. The second-order valence-electron chi connectivity index (χ2n) is 16.5. The summed E-state index contributed by atoms with van der Waals surface area (Å²) in [6.07, 6.45) is 1.37. The minimum absolute atomic E-state index is 0.0197. The third-order valence-electron chi connectivity index (χ3n) is 11.0. The second kappa shape index (κ2) is 19.9. The Bertz CT molecular complexity index is 1070. The summed E-state index contributed by atoms with van der Waals surface area (Å²) < 4.78 is 90.0. The van der Waals surface area contributed by atoms with Crippen molar-refractivity contribution in [2.75, 3.05) is 6.61 Å². The minimum atomic E-state index is -4.74. The third kappa shape index (κ3) is 16.7. The van der Waals surface area contributed by atoms with Crippen LogP contribution in [0.25, 0.3) is 0 Å². The highest BCUT2D eigenvalue weighted by molar-refractivity contribution is 5.76. The van der Waals surface area contributed by atoms with E-state index in [1.54, 1.807) is 27.7 Å². The lowest BCUT2D eigenvalue weighted by molar-refractivity contribution is -0.264. The molecule has 0 aromatic rings. The van der Waals surface area contributed by atoms with E-state index in [0.29, 0.717) is 12.8 Å². The van der Waals surface area contributed by atoms with Crippen molar-refractivity contribution in [1.82, 2.24) is 0 Å². The Morgan fingerprint density at radius 3 is 1.59 bits per heavy atom. The fraction of sp³-hybridized carbons (Fsp3) is 0.897. The number of esters is 2. The molecule has 2 rings (SSSR count). The molecule has 2 saturated carbocycles. The molecule has 0 aliphatic heterocycles. The molecule has 0 spiro atoms. The Morgan fingerprint density at radius 2 is 1.20 bits per heavy atom. The number of hydrogen-bond acceptors (Lipinski definition) is 6. The summed E-state index contributed by atoms with van der Waals surface area (Å²) in [6, 6.07) is 0. The Morgan fingerprint density at radius 1 is 0.745 bits per heavy atom. The van der Waals surface area contributed by atoms with Gasteiger partial charge >= 0.3 is 24.3 Å². The summed E-state index contributed by atoms with van der Waals surface area (Å²) in [5.74, 6) is -0.441. The first-order chi connectivity index (χ1) is 23.0. The summed E-state index contributed by atoms with van der Waals surface area (Å²) in [5, 5.41) is 9.81. The van der Waals surface area contributed by atoms with E-state index in [2.05, 4.69) is 18.2 Å². The predicted octanol–water partition coefficient (Wildman–Crippen LogP) is 11.8. The van der Waals surface area contributed by atoms with Gasteiger partial charge in [-0.3, -0.25) is 9.59 Å². The maximum Gasteiger partial charge on any atom is 0.422 e. The van der Waals surface area contributed by atoms with Crippen LogP contribution in [-0.2, 0) is 23.8 Å². The number of aliphatic hydroxyl groups is 1. The summed E-state index contributed by atoms with van der Waals surface area (Å²) >= 11 is 0. The molecular formula is C39H68F6O6. The standard InChI is InChI=1S/C17H29F3O3.C13H24O2.C9H15F3O/c1-5-15(2,3)14(21)23-13(12-9-7-6-8-10-12)11-16(4,22)17(18,19)20;1-5-12(3,4)11(14)15-13(6-2)9-7-8-10-13;1-5-8(3,4)7(2)13-6-9(10,11)12/h12-13,22H,5-11H2,1-4H3;5-10H2,1-4H3;2,5-6H2,1,3-4H3. The zero-order chi connectivity index (χ0) is 40.1. The molecule has 0 aromatic heterocycles. The molecule has 0 heterocycles. The van der Waals surface area contributed by atoms with Crippen LogP contribution in [0.3, 0.4) is 0 Å². The molecular weight excluding hydrogens is 678 g/mol. The average Bonchev–Trinajstić information content (AvgIpc) is 3.52. The smallest absolute Gasteiger partial charge is 0.422 e. The molecule has 302 valence electrons. The fourth-order valence-corrected chi connectivity index (χ4v) is 5.35. The van der Waals surface area contributed by atoms with Crippen LogP contribution in [0, 0.1) is 22.2 Å². The second-order valence-corrected chi connectivity index (χ2v) is 16.5. The summed E-state index contributed by atoms with van der Waals surface area (Å²) in [6.45, 7) is 21.8. The van der Waals surface area contributed by atoms with Crippen LogP contribution in [0.1, 0.15) is 166 Å². The van der Waals surface area contributed by atoms with Crippen molar-refractivity contribution in [1.29, 1.82) is 0 Å². The molecule has 0 saturated heterocycles. The van der Waals surface area contributed by atoms with Crippen LogP contribution in [-0.4, -0.2) is 53.3 Å². The quantitative estimate of drug-likeness (QED) is 0.108. The molecule has 2 unspecified atom stereocenters. The van der Waals surface area contributed by atoms with E-state index in [9.17, 15) is 41.0 Å². The molecule has 6 nitrogen and oxygen atoms in total. The lowest BCUT2D eigenvalue weighted by Gasteiger charge is -2.37. The lowest BCUT2D eigenvalue weighted by Crippen LogP contribution is -2.48. The topological polar surface area (TPSA) is 82.1 Å². The van der Waals surface area contributed by atoms with Gasteiger partial charge < -0.3 is 19.3 Å². The van der Waals surface area contributed by atoms with Crippen molar-refractivity contribution in [3.63, 3.8) is 0 Å². The van der Waals surface area contributed by atoms with Gasteiger partial charge in [-0.1, -0.05) is 67.4 Å². The SMILES string of the molecule is C=C(OCC(F)(F)F)C(C)(C)CC.CCC(C)(C)C(=O)OC(CC(C)(O)C(F)(F)F)C1CCCCC1.CCC1(OC(=O)C(C)(C)CC)CCCC1. The van der Waals surface area contributed by atoms with Gasteiger partial charge in [0.25, 0.3) is 0 Å². The third-order valence-corrected chi connectivity index (χ3v) is 11.0. The monoisotopic (exact) mass is 746 g/mol. The minimum Gasteiger partial charge on any atom is -0.489 e. The van der Waals surface area contributed by atoms with Gasteiger partial charge in [0.05, 0.1) is 16.6 Å². The Hall–Kier alpha value is -1.98. The number of alkyl halides is 6. The number of rotatable bonds is 14. The molecule has 2 atom stereocenters. The molecule has 2 aliphatic carbocycles. The van der Waals surface area contributed by atoms with Gasteiger partial charge in [0, 0.05) is 11.8 Å². The largest absolute Gasteiger partial charge is 0.489 e. The van der Waals surface area contributed by atoms with E-state index in [4.69, 9.17) is 9.47 Å². The molecule has 2 fully saturated rings. The van der Waals surface area contributed by atoms with Crippen LogP contribution < -0.4 is 0 Å². The van der Waals surface area contributed by atoms with Crippen molar-refractivity contribution in [2.24, 2.45) is 22.2 Å². The Balaban J connectivity index is 0.000000777. The van der Waals surface area contributed by atoms with Crippen molar-refractivity contribution in [3.8, 4) is 0 Å². The highest BCUT2D eigenvalue weighted by Crippen LogP contribution is 2.40. The van der Waals surface area contributed by atoms with Crippen LogP contribution in [0.2, 0.25) is 0 Å². The molecule has 0 aromatic carbocycles. The number of halogens is 6. The summed E-state index contributed by atoms with van der Waals surface area (Å²) in [4.78, 5) is 24.3. The van der Waals surface area contributed by atoms with E-state index in [1.165, 1.54) is 12.8 Å². The van der Waals surface area contributed by atoms with Gasteiger partial charge in [-0.25, -0.2) is 0 Å². The predicted molar refractivity (Wildman–Crippen MR) is 189 cm³/mol. The fourth-order valence-electron chi connectivity index (χ4n) is 5.35. The van der Waals surface area contributed by atoms with E-state index in [-0.39, 0.29) is 28.7 Å². The lowest BCUT2D eigenvalue weighted by atomic mass is 9.80. The van der Waals surface area contributed by atoms with Gasteiger partial charge in [0.1, 0.15) is 11.7 Å². The number of ether oxygens (including phenoxy) is 3. The maximum absolute atomic E-state index is 13.0. The maximum atomic E-state index is 13.0. The van der Waals surface area contributed by atoms with E-state index in [1.807, 2.05) is 34.6 Å². The van der Waals surface area contributed by atoms with Gasteiger partial charge in [-0.2, -0.15) is 26.3 Å². The number of carbonyl (C=O) groups is 2. The van der Waals surface area contributed by atoms with Crippen LogP contribution in [0.4, 0.5) is 26.3 Å². The first kappa shape index (κ1) is 49.0. The van der Waals surface area contributed by atoms with Gasteiger partial charge in [0.15, 0.2) is 12.2 Å². The van der Waals surface area contributed by atoms with Crippen LogP contribution in [0.5, 0.6) is 0 Å². The number of hydrogen-bond donors (Lipinski definition) is 1. The van der Waals surface area contributed by atoms with E-state index < -0.39 is 53.9 Å². The van der Waals surface area contributed by atoms with Crippen molar-refractivity contribution in [3.05, 3.63) is 12.3 Å². The van der Waals surface area contributed by atoms with Crippen molar-refractivity contribution in [2.45, 2.75) is 196 Å². The highest BCUT2D eigenvalue weighted by atomic mass is 19.4. The molecule has 0 amide bonds. The summed E-state index contributed by atoms with van der Waals surface area (Å²) in [7, 11) is 0. The molecule has 12 heteroatoms. The molecule has 2 aliphatic rings. The van der Waals surface area contributed by atoms with Gasteiger partial charge in [-0.05, 0) is 105 Å². The first-order valence-corrected chi connectivity index (χ1v) is 18.7. The van der Waals surface area contributed by atoms with Gasteiger partial charge in [0.2, 0.25) is 0 Å². The van der Waals surface area contributed by atoms with Gasteiger partial charge in [-0.15, -0.1) is 0 Å². The van der Waals surface area contributed by atoms with Crippen LogP contribution in [0.15, 0.2) is 12.3 Å².